The van der Waals surface area contributed by atoms with Crippen LogP contribution in [-0.4, -0.2) is 11.7 Å². The first kappa shape index (κ1) is 10.7. The minimum Gasteiger partial charge on any atom is -0.396 e. The lowest BCUT2D eigenvalue weighted by molar-refractivity contribution is 0.239. The van der Waals surface area contributed by atoms with E-state index >= 15 is 0 Å². The molecule has 1 nitrogen and oxygen atoms in total. The first-order valence-electron chi connectivity index (χ1n) is 4.57. The van der Waals surface area contributed by atoms with Crippen LogP contribution in [0.2, 0.25) is 0 Å². The second-order valence-electron chi connectivity index (χ2n) is 3.14. The van der Waals surface area contributed by atoms with E-state index < -0.39 is 0 Å². The number of aliphatic hydroxyl groups is 1. The van der Waals surface area contributed by atoms with Gasteiger partial charge in [-0.25, -0.2) is 0 Å². The van der Waals surface area contributed by atoms with Crippen LogP contribution in [0.4, 0.5) is 0 Å². The third-order valence-corrected chi connectivity index (χ3v) is 1.74. The van der Waals surface area contributed by atoms with Gasteiger partial charge in [-0.05, 0) is 18.8 Å². The number of unbranched alkanes of at least 4 members (excludes halogenated alkanes) is 2. The Balaban J connectivity index is 3.15. The molecule has 0 aromatic rings. The first-order valence-corrected chi connectivity index (χ1v) is 4.57. The van der Waals surface area contributed by atoms with Crippen molar-refractivity contribution in [3.63, 3.8) is 0 Å². The molecule has 0 aromatic heterocycles. The lowest BCUT2D eigenvalue weighted by Gasteiger charge is -2.01. The van der Waals surface area contributed by atoms with Crippen molar-refractivity contribution >= 4 is 0 Å². The fraction of sp³-hybridized carbons (Fsp3) is 0.800. The lowest BCUT2D eigenvalue weighted by Crippen LogP contribution is -1.97. The molecule has 0 saturated carbocycles. The maximum atomic E-state index is 8.70. The first-order chi connectivity index (χ1) is 5.31. The average Bonchev–Trinajstić information content (AvgIpc) is 2.04. The second-order valence-corrected chi connectivity index (χ2v) is 3.14. The highest BCUT2D eigenvalue weighted by Gasteiger charge is 1.93. The second kappa shape index (κ2) is 7.80. The number of allylic oxidation sites excluding steroid dienone is 2. The molecule has 0 fully saturated rings. The van der Waals surface area contributed by atoms with E-state index in [0.29, 0.717) is 12.5 Å². The van der Waals surface area contributed by atoms with Crippen molar-refractivity contribution in [2.45, 2.75) is 39.5 Å². The summed E-state index contributed by atoms with van der Waals surface area (Å²) in [5.74, 6) is 0.424. The monoisotopic (exact) mass is 156 g/mol. The van der Waals surface area contributed by atoms with Crippen LogP contribution in [0.15, 0.2) is 12.2 Å². The van der Waals surface area contributed by atoms with Crippen molar-refractivity contribution in [2.24, 2.45) is 5.92 Å². The Morgan fingerprint density at radius 3 is 2.64 bits per heavy atom. The quantitative estimate of drug-likeness (QED) is 0.463. The van der Waals surface area contributed by atoms with Gasteiger partial charge < -0.3 is 5.11 Å². The van der Waals surface area contributed by atoms with Gasteiger partial charge in [-0.2, -0.15) is 0 Å². The SMILES string of the molecule is CCCCC=CCC(C)CO. The van der Waals surface area contributed by atoms with Gasteiger partial charge in [0.05, 0.1) is 0 Å². The topological polar surface area (TPSA) is 20.2 Å². The van der Waals surface area contributed by atoms with Crippen molar-refractivity contribution in [1.29, 1.82) is 0 Å². The summed E-state index contributed by atoms with van der Waals surface area (Å²) in [6.45, 7) is 4.56. The fourth-order valence-corrected chi connectivity index (χ4v) is 0.843. The number of aliphatic hydroxyl groups excluding tert-OH is 1. The Kier molecular flexibility index (Phi) is 7.59. The fourth-order valence-electron chi connectivity index (χ4n) is 0.843. The summed E-state index contributed by atoms with van der Waals surface area (Å²) in [5.41, 5.74) is 0. The van der Waals surface area contributed by atoms with Crippen molar-refractivity contribution in [3.05, 3.63) is 12.2 Å². The van der Waals surface area contributed by atoms with Crippen LogP contribution < -0.4 is 0 Å². The van der Waals surface area contributed by atoms with E-state index in [-0.39, 0.29) is 0 Å². The molecule has 0 aliphatic rings. The zero-order valence-corrected chi connectivity index (χ0v) is 7.71. The van der Waals surface area contributed by atoms with E-state index in [4.69, 9.17) is 5.11 Å². The number of hydrogen-bond acceptors (Lipinski definition) is 1. The maximum absolute atomic E-state index is 8.70. The molecule has 0 bridgehead atoms. The number of hydrogen-bond donors (Lipinski definition) is 1. The van der Waals surface area contributed by atoms with Gasteiger partial charge in [0.1, 0.15) is 0 Å². The van der Waals surface area contributed by atoms with Crippen LogP contribution in [0.5, 0.6) is 0 Å². The van der Waals surface area contributed by atoms with E-state index in [1.54, 1.807) is 0 Å². The van der Waals surface area contributed by atoms with E-state index in [9.17, 15) is 0 Å². The molecule has 1 heteroatoms. The molecule has 0 rings (SSSR count). The van der Waals surface area contributed by atoms with E-state index in [0.717, 1.165) is 6.42 Å². The van der Waals surface area contributed by atoms with Gasteiger partial charge in [-0.15, -0.1) is 0 Å². The standard InChI is InChI=1S/C10H20O/c1-3-4-5-6-7-8-10(2)9-11/h6-7,10-11H,3-5,8-9H2,1-2H3. The summed E-state index contributed by atoms with van der Waals surface area (Å²) in [6, 6.07) is 0. The number of rotatable bonds is 6. The highest BCUT2D eigenvalue weighted by Crippen LogP contribution is 2.02. The molecular formula is C10H20O. The van der Waals surface area contributed by atoms with Crippen LogP contribution in [0.25, 0.3) is 0 Å². The molecule has 66 valence electrons. The molecule has 0 amide bonds. The van der Waals surface area contributed by atoms with Gasteiger partial charge >= 0.3 is 0 Å². The molecule has 1 atom stereocenters. The summed E-state index contributed by atoms with van der Waals surface area (Å²) < 4.78 is 0. The zero-order chi connectivity index (χ0) is 8.53. The molecule has 0 heterocycles. The summed E-state index contributed by atoms with van der Waals surface area (Å²) in [6.07, 6.45) is 9.14. The van der Waals surface area contributed by atoms with Crippen molar-refractivity contribution in [2.75, 3.05) is 6.61 Å². The van der Waals surface area contributed by atoms with Gasteiger partial charge in [0.15, 0.2) is 0 Å². The lowest BCUT2D eigenvalue weighted by atomic mass is 10.1. The minimum atomic E-state index is 0.304. The average molecular weight is 156 g/mol. The molecule has 0 radical (unpaired) electrons. The van der Waals surface area contributed by atoms with Crippen molar-refractivity contribution in [3.8, 4) is 0 Å². The van der Waals surface area contributed by atoms with Crippen LogP contribution in [0, 0.1) is 5.92 Å². The Morgan fingerprint density at radius 2 is 2.09 bits per heavy atom. The summed E-state index contributed by atoms with van der Waals surface area (Å²) in [7, 11) is 0. The van der Waals surface area contributed by atoms with Gasteiger partial charge in [-0.3, -0.25) is 0 Å². The summed E-state index contributed by atoms with van der Waals surface area (Å²) in [4.78, 5) is 0. The Hall–Kier alpha value is -0.300. The van der Waals surface area contributed by atoms with Gasteiger partial charge in [0.2, 0.25) is 0 Å². The molecule has 1 unspecified atom stereocenters. The molecule has 11 heavy (non-hydrogen) atoms. The van der Waals surface area contributed by atoms with Crippen molar-refractivity contribution in [1.82, 2.24) is 0 Å². The minimum absolute atomic E-state index is 0.304. The normalized spacial score (nSPS) is 14.1. The predicted molar refractivity (Wildman–Crippen MR) is 49.5 cm³/mol. The highest BCUT2D eigenvalue weighted by atomic mass is 16.3. The highest BCUT2D eigenvalue weighted by molar-refractivity contribution is 4.82. The molecule has 0 spiro atoms. The van der Waals surface area contributed by atoms with Crippen LogP contribution in [0.1, 0.15) is 39.5 Å². The van der Waals surface area contributed by atoms with Crippen LogP contribution in [-0.2, 0) is 0 Å². The summed E-state index contributed by atoms with van der Waals surface area (Å²) >= 11 is 0. The molecule has 0 saturated heterocycles. The van der Waals surface area contributed by atoms with Gasteiger partial charge in [0, 0.05) is 6.61 Å². The zero-order valence-electron chi connectivity index (χ0n) is 7.71. The van der Waals surface area contributed by atoms with E-state index in [1.807, 2.05) is 0 Å². The van der Waals surface area contributed by atoms with Crippen LogP contribution >= 0.6 is 0 Å². The third kappa shape index (κ3) is 7.60. The Bertz CT molecular complexity index is 97.0. The van der Waals surface area contributed by atoms with Crippen molar-refractivity contribution < 1.29 is 5.11 Å². The van der Waals surface area contributed by atoms with Gasteiger partial charge in [-0.1, -0.05) is 38.8 Å². The molecule has 1 N–H and O–H groups in total. The van der Waals surface area contributed by atoms with Crippen LogP contribution in [0.3, 0.4) is 0 Å². The molecular weight excluding hydrogens is 136 g/mol. The Morgan fingerprint density at radius 1 is 1.36 bits per heavy atom. The molecule has 0 aromatic carbocycles. The summed E-state index contributed by atoms with van der Waals surface area (Å²) in [5, 5.41) is 8.70. The van der Waals surface area contributed by atoms with E-state index in [2.05, 4.69) is 26.0 Å². The molecule has 0 aliphatic carbocycles. The maximum Gasteiger partial charge on any atom is 0.0459 e. The largest absolute Gasteiger partial charge is 0.396 e. The smallest absolute Gasteiger partial charge is 0.0459 e. The Labute approximate surface area is 70.1 Å². The predicted octanol–water partition coefficient (Wildman–Crippen LogP) is 2.75. The third-order valence-electron chi connectivity index (χ3n) is 1.74. The van der Waals surface area contributed by atoms with E-state index in [1.165, 1.54) is 19.3 Å². The van der Waals surface area contributed by atoms with Gasteiger partial charge in [0.25, 0.3) is 0 Å². The molecule has 0 aliphatic heterocycles.